The number of aromatic nitrogens is 1. The van der Waals surface area contributed by atoms with E-state index in [-0.39, 0.29) is 10.6 Å². The Morgan fingerprint density at radius 2 is 2.13 bits per heavy atom. The number of aromatic amines is 1. The first-order chi connectivity index (χ1) is 7.09. The second kappa shape index (κ2) is 3.38. The molecule has 4 heteroatoms. The summed E-state index contributed by atoms with van der Waals surface area (Å²) in [6, 6.07) is 7.07. The molecule has 0 saturated heterocycles. The number of nitrogens with one attached hydrogen (secondary N) is 1. The molecule has 0 amide bonds. The first-order valence-corrected chi connectivity index (χ1v) is 4.85. The van der Waals surface area contributed by atoms with Crippen LogP contribution in [0.15, 0.2) is 24.3 Å². The highest BCUT2D eigenvalue weighted by Crippen LogP contribution is 2.27. The van der Waals surface area contributed by atoms with Crippen LogP contribution in [0.4, 0.5) is 5.69 Å². The number of non-ortho nitro benzene ring substituents is 1. The van der Waals surface area contributed by atoms with E-state index in [1.54, 1.807) is 6.07 Å². The van der Waals surface area contributed by atoms with Gasteiger partial charge < -0.3 is 4.98 Å². The predicted octanol–water partition coefficient (Wildman–Crippen LogP) is 3.20. The topological polar surface area (TPSA) is 58.9 Å². The number of hydrogen-bond acceptors (Lipinski definition) is 2. The average molecular weight is 204 g/mol. The molecular weight excluding hydrogens is 192 g/mol. The summed E-state index contributed by atoms with van der Waals surface area (Å²) in [4.78, 5) is 13.5. The molecule has 0 bridgehead atoms. The van der Waals surface area contributed by atoms with E-state index in [2.05, 4.69) is 18.8 Å². The quantitative estimate of drug-likeness (QED) is 0.603. The van der Waals surface area contributed by atoms with Gasteiger partial charge in [-0.3, -0.25) is 10.1 Å². The SMILES string of the molecule is CC(C)c1cc2cccc([N+](=O)[O-])c2[nH]1. The van der Waals surface area contributed by atoms with E-state index in [0.717, 1.165) is 11.1 Å². The van der Waals surface area contributed by atoms with E-state index in [0.29, 0.717) is 11.4 Å². The normalized spacial score (nSPS) is 11.1. The van der Waals surface area contributed by atoms with E-state index in [1.807, 2.05) is 12.1 Å². The molecule has 1 aromatic heterocycles. The molecule has 2 rings (SSSR count). The number of H-pyrrole nitrogens is 1. The molecule has 0 atom stereocenters. The van der Waals surface area contributed by atoms with Crippen molar-refractivity contribution < 1.29 is 4.92 Å². The van der Waals surface area contributed by atoms with Gasteiger partial charge in [0.25, 0.3) is 5.69 Å². The number of para-hydroxylation sites is 1. The second-order valence-electron chi connectivity index (χ2n) is 3.88. The van der Waals surface area contributed by atoms with Crippen molar-refractivity contribution in [3.63, 3.8) is 0 Å². The molecule has 78 valence electrons. The Bertz CT molecular complexity index is 514. The van der Waals surface area contributed by atoms with Gasteiger partial charge >= 0.3 is 0 Å². The van der Waals surface area contributed by atoms with Crippen molar-refractivity contribution in [2.24, 2.45) is 0 Å². The first kappa shape index (κ1) is 9.71. The molecule has 0 aliphatic carbocycles. The van der Waals surface area contributed by atoms with Crippen LogP contribution >= 0.6 is 0 Å². The third-order valence-electron chi connectivity index (χ3n) is 2.47. The zero-order valence-electron chi connectivity index (χ0n) is 8.65. The molecule has 1 aromatic carbocycles. The van der Waals surface area contributed by atoms with Gasteiger partial charge in [0.2, 0.25) is 0 Å². The van der Waals surface area contributed by atoms with Gasteiger partial charge in [-0.05, 0) is 12.0 Å². The summed E-state index contributed by atoms with van der Waals surface area (Å²) in [5.74, 6) is 0.344. The molecule has 4 nitrogen and oxygen atoms in total. The molecule has 15 heavy (non-hydrogen) atoms. The lowest BCUT2D eigenvalue weighted by Crippen LogP contribution is -1.89. The summed E-state index contributed by atoms with van der Waals surface area (Å²) in [6.07, 6.45) is 0. The molecule has 1 N–H and O–H groups in total. The zero-order chi connectivity index (χ0) is 11.0. The van der Waals surface area contributed by atoms with Crippen LogP contribution in [-0.4, -0.2) is 9.91 Å². The zero-order valence-corrected chi connectivity index (χ0v) is 8.65. The molecule has 0 unspecified atom stereocenters. The molecular formula is C11H12N2O2. The lowest BCUT2D eigenvalue weighted by atomic mass is 10.1. The maximum absolute atomic E-state index is 10.8. The molecule has 0 fully saturated rings. The van der Waals surface area contributed by atoms with Crippen LogP contribution in [0.3, 0.4) is 0 Å². The molecule has 0 aliphatic heterocycles. The van der Waals surface area contributed by atoms with Gasteiger partial charge in [-0.25, -0.2) is 0 Å². The van der Waals surface area contributed by atoms with E-state index < -0.39 is 0 Å². The van der Waals surface area contributed by atoms with Crippen molar-refractivity contribution >= 4 is 16.6 Å². The van der Waals surface area contributed by atoms with Gasteiger partial charge in [0.15, 0.2) is 0 Å². The van der Waals surface area contributed by atoms with Gasteiger partial charge in [0, 0.05) is 17.1 Å². The number of nitrogens with zero attached hydrogens (tertiary/aromatic N) is 1. The Kier molecular flexibility index (Phi) is 2.19. The van der Waals surface area contributed by atoms with E-state index in [4.69, 9.17) is 0 Å². The molecule has 0 spiro atoms. The second-order valence-corrected chi connectivity index (χ2v) is 3.88. The van der Waals surface area contributed by atoms with Crippen LogP contribution in [-0.2, 0) is 0 Å². The molecule has 0 radical (unpaired) electrons. The minimum absolute atomic E-state index is 0.138. The highest BCUT2D eigenvalue weighted by Gasteiger charge is 2.14. The van der Waals surface area contributed by atoms with Crippen LogP contribution in [0, 0.1) is 10.1 Å². The van der Waals surface area contributed by atoms with Crippen molar-refractivity contribution in [3.05, 3.63) is 40.1 Å². The van der Waals surface area contributed by atoms with Crippen LogP contribution in [0.5, 0.6) is 0 Å². The van der Waals surface area contributed by atoms with Gasteiger partial charge in [-0.1, -0.05) is 26.0 Å². The van der Waals surface area contributed by atoms with E-state index >= 15 is 0 Å². The summed E-state index contributed by atoms with van der Waals surface area (Å²) in [5.41, 5.74) is 1.78. The van der Waals surface area contributed by atoms with Crippen molar-refractivity contribution in [3.8, 4) is 0 Å². The number of benzene rings is 1. The van der Waals surface area contributed by atoms with Crippen molar-refractivity contribution in [1.29, 1.82) is 0 Å². The highest BCUT2D eigenvalue weighted by molar-refractivity contribution is 5.88. The van der Waals surface area contributed by atoms with Gasteiger partial charge in [-0.2, -0.15) is 0 Å². The predicted molar refractivity (Wildman–Crippen MR) is 59.0 cm³/mol. The molecule has 2 aromatic rings. The van der Waals surface area contributed by atoms with Crippen LogP contribution in [0.25, 0.3) is 10.9 Å². The lowest BCUT2D eigenvalue weighted by Gasteiger charge is -1.98. The largest absolute Gasteiger partial charge is 0.353 e. The van der Waals surface area contributed by atoms with E-state index in [9.17, 15) is 10.1 Å². The third kappa shape index (κ3) is 1.58. The fourth-order valence-electron chi connectivity index (χ4n) is 1.63. The minimum Gasteiger partial charge on any atom is -0.353 e. The van der Waals surface area contributed by atoms with Crippen molar-refractivity contribution in [2.75, 3.05) is 0 Å². The Hall–Kier alpha value is -1.84. The smallest absolute Gasteiger partial charge is 0.293 e. The van der Waals surface area contributed by atoms with Crippen molar-refractivity contribution in [1.82, 2.24) is 4.98 Å². The number of nitro groups is 1. The number of nitro benzene ring substituents is 1. The third-order valence-corrected chi connectivity index (χ3v) is 2.47. The minimum atomic E-state index is -0.358. The fourth-order valence-corrected chi connectivity index (χ4v) is 1.63. The standard InChI is InChI=1S/C11H12N2O2/c1-7(2)9-6-8-4-3-5-10(13(14)15)11(8)12-9/h3-7,12H,1-2H3. The number of rotatable bonds is 2. The van der Waals surface area contributed by atoms with Crippen molar-refractivity contribution in [2.45, 2.75) is 19.8 Å². The number of hydrogen-bond donors (Lipinski definition) is 1. The monoisotopic (exact) mass is 204 g/mol. The van der Waals surface area contributed by atoms with Crippen LogP contribution < -0.4 is 0 Å². The van der Waals surface area contributed by atoms with Crippen LogP contribution in [0.1, 0.15) is 25.5 Å². The van der Waals surface area contributed by atoms with Gasteiger partial charge in [0.05, 0.1) is 4.92 Å². The maximum Gasteiger partial charge on any atom is 0.293 e. The Morgan fingerprint density at radius 3 is 2.73 bits per heavy atom. The molecule has 0 saturated carbocycles. The summed E-state index contributed by atoms with van der Waals surface area (Å²) in [7, 11) is 0. The number of fused-ring (bicyclic) bond motifs is 1. The van der Waals surface area contributed by atoms with Gasteiger partial charge in [0.1, 0.15) is 5.52 Å². The summed E-state index contributed by atoms with van der Waals surface area (Å²) in [6.45, 7) is 4.10. The Balaban J connectivity index is 2.70. The lowest BCUT2D eigenvalue weighted by molar-refractivity contribution is -0.383. The van der Waals surface area contributed by atoms with Crippen LogP contribution in [0.2, 0.25) is 0 Å². The summed E-state index contributed by atoms with van der Waals surface area (Å²) < 4.78 is 0. The summed E-state index contributed by atoms with van der Waals surface area (Å²) in [5, 5.41) is 11.7. The molecule has 0 aliphatic rings. The first-order valence-electron chi connectivity index (χ1n) is 4.85. The average Bonchev–Trinajstić information content (AvgIpc) is 2.60. The Morgan fingerprint density at radius 1 is 1.40 bits per heavy atom. The van der Waals surface area contributed by atoms with Gasteiger partial charge in [-0.15, -0.1) is 0 Å². The van der Waals surface area contributed by atoms with E-state index in [1.165, 1.54) is 6.07 Å². The Labute approximate surface area is 87.1 Å². The summed E-state index contributed by atoms with van der Waals surface area (Å²) >= 11 is 0. The maximum atomic E-state index is 10.8. The molecule has 1 heterocycles. The fraction of sp³-hybridized carbons (Fsp3) is 0.273. The highest BCUT2D eigenvalue weighted by atomic mass is 16.6.